The Labute approximate surface area is 90.2 Å². The molecule has 0 fully saturated rings. The van der Waals surface area contributed by atoms with Crippen LogP contribution in [0, 0.1) is 5.92 Å². The number of hydrogen-bond donors (Lipinski definition) is 1. The summed E-state index contributed by atoms with van der Waals surface area (Å²) in [5.41, 5.74) is 6.52. The molecule has 1 rings (SSSR count). The maximum atomic E-state index is 11.1. The number of rotatable bonds is 4. The van der Waals surface area contributed by atoms with Gasteiger partial charge in [0.05, 0.1) is 7.11 Å². The van der Waals surface area contributed by atoms with Crippen LogP contribution in [0.5, 0.6) is 0 Å². The number of methoxy groups -OCH3 is 1. The van der Waals surface area contributed by atoms with E-state index in [-0.39, 0.29) is 5.97 Å². The molecule has 0 amide bonds. The molecule has 0 aromatic rings. The lowest BCUT2D eigenvalue weighted by Gasteiger charge is -2.15. The molecule has 0 radical (unpaired) electrons. The van der Waals surface area contributed by atoms with Gasteiger partial charge in [0.2, 0.25) is 0 Å². The first-order valence-electron chi connectivity index (χ1n) is 5.24. The van der Waals surface area contributed by atoms with Crippen molar-refractivity contribution >= 4 is 12.2 Å². The molecular formula is C11H18N2O2. The predicted octanol–water partition coefficient (Wildman–Crippen LogP) is 1.26. The molecule has 1 aliphatic heterocycles. The first-order valence-corrected chi connectivity index (χ1v) is 5.24. The molecule has 15 heavy (non-hydrogen) atoms. The highest BCUT2D eigenvalue weighted by Crippen LogP contribution is 2.18. The van der Waals surface area contributed by atoms with Crippen molar-refractivity contribution in [2.75, 3.05) is 7.11 Å². The molecule has 1 aliphatic rings. The molecule has 0 spiro atoms. The van der Waals surface area contributed by atoms with Gasteiger partial charge in [0.15, 0.2) is 0 Å². The number of carbonyl (C=O) groups is 1. The predicted molar refractivity (Wildman–Crippen MR) is 59.6 cm³/mol. The van der Waals surface area contributed by atoms with Gasteiger partial charge in [-0.25, -0.2) is 0 Å². The Morgan fingerprint density at radius 3 is 3.00 bits per heavy atom. The zero-order valence-corrected chi connectivity index (χ0v) is 9.27. The molecule has 1 heterocycles. The van der Waals surface area contributed by atoms with E-state index in [1.165, 1.54) is 7.11 Å². The number of hydrogen-bond acceptors (Lipinski definition) is 4. The molecule has 84 valence electrons. The van der Waals surface area contributed by atoms with Gasteiger partial charge in [-0.1, -0.05) is 13.0 Å². The molecule has 0 saturated carbocycles. The Morgan fingerprint density at radius 1 is 1.80 bits per heavy atom. The second-order valence-electron chi connectivity index (χ2n) is 3.71. The topological polar surface area (TPSA) is 64.7 Å². The summed E-state index contributed by atoms with van der Waals surface area (Å²) in [4.78, 5) is 15.4. The highest BCUT2D eigenvalue weighted by atomic mass is 16.5. The summed E-state index contributed by atoms with van der Waals surface area (Å²) in [6, 6.07) is -0.600. The Hall–Kier alpha value is -1.16. The fourth-order valence-electron chi connectivity index (χ4n) is 1.47. The lowest BCUT2D eigenvalue weighted by atomic mass is 9.99. The normalized spacial score (nSPS) is 22.1. The molecule has 0 bridgehead atoms. The average molecular weight is 210 g/mol. The van der Waals surface area contributed by atoms with E-state index in [0.717, 1.165) is 18.5 Å². The van der Waals surface area contributed by atoms with Crippen LogP contribution in [-0.2, 0) is 9.53 Å². The highest BCUT2D eigenvalue weighted by molar-refractivity contribution is 5.76. The van der Waals surface area contributed by atoms with Gasteiger partial charge in [-0.2, -0.15) is 0 Å². The van der Waals surface area contributed by atoms with Crippen molar-refractivity contribution in [2.24, 2.45) is 16.6 Å². The third-order valence-electron chi connectivity index (χ3n) is 2.56. The van der Waals surface area contributed by atoms with Gasteiger partial charge in [-0.15, -0.1) is 0 Å². The third-order valence-corrected chi connectivity index (χ3v) is 2.56. The fourth-order valence-corrected chi connectivity index (χ4v) is 1.47. The first kappa shape index (κ1) is 11.9. The van der Waals surface area contributed by atoms with Crippen LogP contribution in [0.2, 0.25) is 0 Å². The summed E-state index contributed by atoms with van der Waals surface area (Å²) in [7, 11) is 1.34. The van der Waals surface area contributed by atoms with Crippen LogP contribution in [0.4, 0.5) is 0 Å². The maximum Gasteiger partial charge on any atom is 0.323 e. The first-order chi connectivity index (χ1) is 7.17. The van der Waals surface area contributed by atoms with Crippen molar-refractivity contribution in [1.29, 1.82) is 0 Å². The molecular weight excluding hydrogens is 192 g/mol. The number of nitrogens with two attached hydrogens (primary N) is 1. The Kier molecular flexibility index (Phi) is 4.49. The van der Waals surface area contributed by atoms with Crippen LogP contribution in [0.1, 0.15) is 26.2 Å². The smallest absolute Gasteiger partial charge is 0.323 e. The van der Waals surface area contributed by atoms with Crippen molar-refractivity contribution in [3.63, 3.8) is 0 Å². The molecule has 0 aromatic carbocycles. The van der Waals surface area contributed by atoms with Crippen LogP contribution < -0.4 is 5.73 Å². The monoisotopic (exact) mass is 210 g/mol. The largest absolute Gasteiger partial charge is 0.468 e. The molecule has 2 N–H and O–H groups in total. The Balaban J connectivity index is 2.45. The number of ether oxygens (including phenoxy) is 1. The summed E-state index contributed by atoms with van der Waals surface area (Å²) < 4.78 is 4.55. The van der Waals surface area contributed by atoms with E-state index in [9.17, 15) is 4.79 Å². The molecule has 2 atom stereocenters. The van der Waals surface area contributed by atoms with Crippen molar-refractivity contribution in [3.05, 3.63) is 11.8 Å². The Bertz CT molecular complexity index is 284. The number of allylic oxidation sites excluding steroid dienone is 1. The Morgan fingerprint density at radius 2 is 2.53 bits per heavy atom. The standard InChI is InChI=1S/C11H18N2O2/c1-3-8-4-5-9(13-7-8)6-10(12)11(14)15-2/h5,7-8,10H,3-4,6,12H2,1-2H3. The van der Waals surface area contributed by atoms with E-state index in [0.29, 0.717) is 12.3 Å². The molecule has 0 aromatic heterocycles. The quantitative estimate of drug-likeness (QED) is 0.710. The highest BCUT2D eigenvalue weighted by Gasteiger charge is 2.17. The van der Waals surface area contributed by atoms with Crippen molar-refractivity contribution in [3.8, 4) is 0 Å². The molecule has 0 saturated heterocycles. The fraction of sp³-hybridized carbons (Fsp3) is 0.636. The van der Waals surface area contributed by atoms with E-state index >= 15 is 0 Å². The minimum absolute atomic E-state index is 0.385. The van der Waals surface area contributed by atoms with E-state index in [1.54, 1.807) is 0 Å². The van der Waals surface area contributed by atoms with Crippen LogP contribution in [0.15, 0.2) is 16.8 Å². The van der Waals surface area contributed by atoms with Crippen LogP contribution in [0.3, 0.4) is 0 Å². The summed E-state index contributed by atoms with van der Waals surface area (Å²) in [6.07, 6.45) is 6.54. The SMILES string of the molecule is CCC1C=NC(CC(N)C(=O)OC)=CC1. The summed E-state index contributed by atoms with van der Waals surface area (Å²) in [6.45, 7) is 2.13. The molecule has 4 heteroatoms. The summed E-state index contributed by atoms with van der Waals surface area (Å²) in [5.74, 6) is 0.145. The second-order valence-corrected chi connectivity index (χ2v) is 3.71. The maximum absolute atomic E-state index is 11.1. The zero-order chi connectivity index (χ0) is 11.3. The van der Waals surface area contributed by atoms with Crippen molar-refractivity contribution < 1.29 is 9.53 Å². The van der Waals surface area contributed by atoms with Gasteiger partial charge in [0, 0.05) is 18.3 Å². The molecule has 4 nitrogen and oxygen atoms in total. The summed E-state index contributed by atoms with van der Waals surface area (Å²) in [5, 5.41) is 0. The number of esters is 1. The van der Waals surface area contributed by atoms with Gasteiger partial charge in [0.25, 0.3) is 0 Å². The molecule has 0 aliphatic carbocycles. The van der Waals surface area contributed by atoms with Crippen LogP contribution >= 0.6 is 0 Å². The van der Waals surface area contributed by atoms with Gasteiger partial charge in [-0.05, 0) is 18.8 Å². The van der Waals surface area contributed by atoms with E-state index < -0.39 is 6.04 Å². The minimum Gasteiger partial charge on any atom is -0.468 e. The van der Waals surface area contributed by atoms with E-state index in [2.05, 4.69) is 22.7 Å². The van der Waals surface area contributed by atoms with E-state index in [4.69, 9.17) is 5.73 Å². The van der Waals surface area contributed by atoms with Gasteiger partial charge >= 0.3 is 5.97 Å². The lowest BCUT2D eigenvalue weighted by molar-refractivity contribution is -0.142. The molecule has 2 unspecified atom stereocenters. The second kappa shape index (κ2) is 5.66. The third kappa shape index (κ3) is 3.47. The van der Waals surface area contributed by atoms with Crippen molar-refractivity contribution in [2.45, 2.75) is 32.2 Å². The van der Waals surface area contributed by atoms with E-state index in [1.807, 2.05) is 6.21 Å². The van der Waals surface area contributed by atoms with Crippen LogP contribution in [0.25, 0.3) is 0 Å². The van der Waals surface area contributed by atoms with Crippen molar-refractivity contribution in [1.82, 2.24) is 0 Å². The van der Waals surface area contributed by atoms with Gasteiger partial charge < -0.3 is 10.5 Å². The lowest BCUT2D eigenvalue weighted by Crippen LogP contribution is -2.32. The summed E-state index contributed by atoms with van der Waals surface area (Å²) >= 11 is 0. The zero-order valence-electron chi connectivity index (χ0n) is 9.27. The number of carbonyl (C=O) groups excluding carboxylic acids is 1. The van der Waals surface area contributed by atoms with Gasteiger partial charge in [0.1, 0.15) is 6.04 Å². The average Bonchev–Trinajstić information content (AvgIpc) is 2.29. The van der Waals surface area contributed by atoms with Crippen LogP contribution in [-0.4, -0.2) is 25.3 Å². The minimum atomic E-state index is -0.600. The number of aliphatic imine (C=N–C) groups is 1. The van der Waals surface area contributed by atoms with Gasteiger partial charge in [-0.3, -0.25) is 9.79 Å². The number of nitrogens with zero attached hydrogens (tertiary/aromatic N) is 1.